The number of pyridine rings is 1. The van der Waals surface area contributed by atoms with Gasteiger partial charge in [-0.15, -0.1) is 0 Å². The van der Waals surface area contributed by atoms with Gasteiger partial charge in [0.2, 0.25) is 10.0 Å². The molecule has 1 unspecified atom stereocenters. The molecule has 2 aliphatic heterocycles. The standard InChI is InChI=1S/C22H27N3O6S/c23-19-5-11-25(22(19)8-9-22)32(28,29)18-3-1-2-17-16(18)4-10-24(20(17)26)14-31-21(27)15-6-12-30-13-7-15/h1-4,10,15,19H,5-9,11-14,23H2. The molecule has 1 aromatic heterocycles. The molecule has 1 aromatic carbocycles. The fourth-order valence-electron chi connectivity index (χ4n) is 4.96. The molecule has 0 bridgehead atoms. The minimum Gasteiger partial charge on any atom is -0.444 e. The maximum atomic E-state index is 13.5. The van der Waals surface area contributed by atoms with E-state index in [0.29, 0.717) is 44.4 Å². The molecule has 1 saturated carbocycles. The fraction of sp³-hybridized carbons (Fsp3) is 0.545. The molecule has 1 aliphatic carbocycles. The van der Waals surface area contributed by atoms with E-state index in [0.717, 1.165) is 12.8 Å². The lowest BCUT2D eigenvalue weighted by molar-refractivity contribution is -0.155. The number of benzene rings is 1. The van der Waals surface area contributed by atoms with Gasteiger partial charge in [0.05, 0.1) is 16.4 Å². The van der Waals surface area contributed by atoms with E-state index in [9.17, 15) is 18.0 Å². The van der Waals surface area contributed by atoms with Gasteiger partial charge in [-0.3, -0.25) is 14.2 Å². The van der Waals surface area contributed by atoms with Gasteiger partial charge in [-0.05, 0) is 50.3 Å². The van der Waals surface area contributed by atoms with Crippen molar-refractivity contribution in [3.8, 4) is 0 Å². The lowest BCUT2D eigenvalue weighted by Gasteiger charge is -2.26. The summed E-state index contributed by atoms with van der Waals surface area (Å²) in [6.45, 7) is 1.22. The topological polar surface area (TPSA) is 121 Å². The van der Waals surface area contributed by atoms with E-state index in [1.54, 1.807) is 18.2 Å². The largest absolute Gasteiger partial charge is 0.444 e. The van der Waals surface area contributed by atoms with Crippen LogP contribution in [0.1, 0.15) is 32.1 Å². The van der Waals surface area contributed by atoms with Gasteiger partial charge in [-0.25, -0.2) is 8.42 Å². The second-order valence-electron chi connectivity index (χ2n) is 8.86. The van der Waals surface area contributed by atoms with Crippen molar-refractivity contribution in [2.24, 2.45) is 11.7 Å². The fourth-order valence-corrected chi connectivity index (χ4v) is 7.05. The molecule has 3 aliphatic rings. The zero-order valence-corrected chi connectivity index (χ0v) is 18.6. The van der Waals surface area contributed by atoms with Gasteiger partial charge in [-0.2, -0.15) is 4.31 Å². The van der Waals surface area contributed by atoms with Crippen LogP contribution in [0.5, 0.6) is 0 Å². The number of nitrogens with zero attached hydrogens (tertiary/aromatic N) is 2. The lowest BCUT2D eigenvalue weighted by Crippen LogP contribution is -2.44. The van der Waals surface area contributed by atoms with Gasteiger partial charge in [0.1, 0.15) is 0 Å². The average Bonchev–Trinajstić information content (AvgIpc) is 3.53. The first kappa shape index (κ1) is 21.6. The molecule has 2 N–H and O–H groups in total. The smallest absolute Gasteiger partial charge is 0.310 e. The lowest BCUT2D eigenvalue weighted by atomic mass is 10.0. The van der Waals surface area contributed by atoms with Crippen LogP contribution in [0.2, 0.25) is 0 Å². The van der Waals surface area contributed by atoms with Crippen LogP contribution in [-0.2, 0) is 31.0 Å². The number of hydrogen-bond acceptors (Lipinski definition) is 7. The third-order valence-electron chi connectivity index (χ3n) is 7.04. The van der Waals surface area contributed by atoms with Crippen molar-refractivity contribution in [1.82, 2.24) is 8.87 Å². The maximum absolute atomic E-state index is 13.5. The Bertz CT molecular complexity index is 1210. The van der Waals surface area contributed by atoms with Crippen LogP contribution in [0.15, 0.2) is 40.2 Å². The first-order valence-electron chi connectivity index (χ1n) is 11.0. The summed E-state index contributed by atoms with van der Waals surface area (Å²) in [5, 5.41) is 0.629. The van der Waals surface area contributed by atoms with Crippen LogP contribution >= 0.6 is 0 Å². The van der Waals surface area contributed by atoms with E-state index in [-0.39, 0.29) is 34.9 Å². The van der Waals surface area contributed by atoms with Crippen LogP contribution in [0, 0.1) is 5.92 Å². The molecule has 0 amide bonds. The normalized spacial score (nSPS) is 23.6. The summed E-state index contributed by atoms with van der Waals surface area (Å²) in [4.78, 5) is 25.4. The van der Waals surface area contributed by atoms with Crippen molar-refractivity contribution in [3.05, 3.63) is 40.8 Å². The van der Waals surface area contributed by atoms with Crippen LogP contribution in [0.3, 0.4) is 0 Å². The molecule has 5 rings (SSSR count). The highest BCUT2D eigenvalue weighted by Crippen LogP contribution is 2.51. The van der Waals surface area contributed by atoms with E-state index in [1.807, 2.05) is 0 Å². The van der Waals surface area contributed by atoms with Gasteiger partial charge >= 0.3 is 5.97 Å². The number of carbonyl (C=O) groups is 1. The highest BCUT2D eigenvalue weighted by molar-refractivity contribution is 7.89. The van der Waals surface area contributed by atoms with Gasteiger partial charge in [0.15, 0.2) is 6.73 Å². The third kappa shape index (κ3) is 3.45. The summed E-state index contributed by atoms with van der Waals surface area (Å²) in [5.74, 6) is -0.574. The Morgan fingerprint density at radius 2 is 1.91 bits per heavy atom. The molecule has 3 heterocycles. The summed E-state index contributed by atoms with van der Waals surface area (Å²) in [5.41, 5.74) is 5.32. The molecular weight excluding hydrogens is 434 g/mol. The third-order valence-corrected chi connectivity index (χ3v) is 9.08. The monoisotopic (exact) mass is 461 g/mol. The van der Waals surface area contributed by atoms with Crippen LogP contribution in [0.25, 0.3) is 10.8 Å². The van der Waals surface area contributed by atoms with Gasteiger partial charge in [-0.1, -0.05) is 6.07 Å². The average molecular weight is 462 g/mol. The Labute approximate surface area is 186 Å². The van der Waals surface area contributed by atoms with Crippen LogP contribution in [0.4, 0.5) is 0 Å². The molecule has 1 atom stereocenters. The Kier molecular flexibility index (Phi) is 5.36. The molecular formula is C22H27N3O6S. The summed E-state index contributed by atoms with van der Waals surface area (Å²) < 4.78 is 40.5. The molecule has 9 nitrogen and oxygen atoms in total. The summed E-state index contributed by atoms with van der Waals surface area (Å²) in [6, 6.07) is 6.14. The highest BCUT2D eigenvalue weighted by atomic mass is 32.2. The highest BCUT2D eigenvalue weighted by Gasteiger charge is 2.60. The second kappa shape index (κ2) is 7.95. The van der Waals surface area contributed by atoms with Crippen molar-refractivity contribution in [2.45, 2.75) is 55.3 Å². The number of fused-ring (bicyclic) bond motifs is 1. The number of sulfonamides is 1. The van der Waals surface area contributed by atoms with Crippen molar-refractivity contribution in [3.63, 3.8) is 0 Å². The Morgan fingerprint density at radius 1 is 1.16 bits per heavy atom. The number of aromatic nitrogens is 1. The number of ether oxygens (including phenoxy) is 2. The second-order valence-corrected chi connectivity index (χ2v) is 10.7. The summed E-state index contributed by atoms with van der Waals surface area (Å²) >= 11 is 0. The van der Waals surface area contributed by atoms with Gasteiger partial charge in [0, 0.05) is 42.8 Å². The molecule has 0 radical (unpaired) electrons. The minimum atomic E-state index is -3.81. The predicted octanol–water partition coefficient (Wildman–Crippen LogP) is 1.18. The molecule has 10 heteroatoms. The number of rotatable bonds is 5. The number of esters is 1. The SMILES string of the molecule is NC1CCN(S(=O)(=O)c2cccc3c(=O)n(COC(=O)C4CCOCC4)ccc23)C12CC2. The van der Waals surface area contributed by atoms with Crippen molar-refractivity contribution < 1.29 is 22.7 Å². The summed E-state index contributed by atoms with van der Waals surface area (Å²) in [7, 11) is -3.81. The molecule has 1 spiro atoms. The van der Waals surface area contributed by atoms with E-state index in [4.69, 9.17) is 15.2 Å². The first-order valence-corrected chi connectivity index (χ1v) is 12.4. The van der Waals surface area contributed by atoms with E-state index < -0.39 is 21.1 Å². The number of carbonyl (C=O) groups excluding carboxylic acids is 1. The van der Waals surface area contributed by atoms with E-state index in [2.05, 4.69) is 0 Å². The van der Waals surface area contributed by atoms with Crippen molar-refractivity contribution in [1.29, 1.82) is 0 Å². The Morgan fingerprint density at radius 3 is 2.62 bits per heavy atom. The Hall–Kier alpha value is -2.27. The zero-order valence-electron chi connectivity index (χ0n) is 17.7. The Balaban J connectivity index is 1.43. The number of hydrogen-bond donors (Lipinski definition) is 1. The zero-order chi connectivity index (χ0) is 22.5. The quantitative estimate of drug-likeness (QED) is 0.664. The van der Waals surface area contributed by atoms with Gasteiger partial charge < -0.3 is 15.2 Å². The predicted molar refractivity (Wildman–Crippen MR) is 116 cm³/mol. The minimum absolute atomic E-state index is 0.110. The van der Waals surface area contributed by atoms with Crippen LogP contribution in [-0.4, -0.2) is 54.6 Å². The number of nitrogens with two attached hydrogens (primary N) is 1. The van der Waals surface area contributed by atoms with Crippen molar-refractivity contribution in [2.75, 3.05) is 19.8 Å². The molecule has 3 fully saturated rings. The summed E-state index contributed by atoms with van der Waals surface area (Å²) in [6.07, 6.45) is 4.86. The van der Waals surface area contributed by atoms with E-state index >= 15 is 0 Å². The molecule has 172 valence electrons. The molecule has 32 heavy (non-hydrogen) atoms. The maximum Gasteiger partial charge on any atom is 0.310 e. The van der Waals surface area contributed by atoms with E-state index in [1.165, 1.54) is 21.1 Å². The molecule has 2 saturated heterocycles. The van der Waals surface area contributed by atoms with Crippen molar-refractivity contribution >= 4 is 26.8 Å². The molecule has 2 aromatic rings. The van der Waals surface area contributed by atoms with Gasteiger partial charge in [0.25, 0.3) is 5.56 Å². The van der Waals surface area contributed by atoms with Crippen LogP contribution < -0.4 is 11.3 Å². The first-order chi connectivity index (χ1) is 15.3.